The zero-order valence-electron chi connectivity index (χ0n) is 26.4. The number of aliphatic carboxylic acids is 4. The lowest BCUT2D eigenvalue weighted by Gasteiger charge is -2.19. The molecular formula is C33H51NO11. The summed E-state index contributed by atoms with van der Waals surface area (Å²) in [6, 6.07) is 4.61. The van der Waals surface area contributed by atoms with Crippen molar-refractivity contribution in [3.05, 3.63) is 23.8 Å². The molecule has 0 unspecified atom stereocenters. The Morgan fingerprint density at radius 3 is 1.13 bits per heavy atom. The molecule has 1 aromatic carbocycles. The van der Waals surface area contributed by atoms with Crippen molar-refractivity contribution in [1.29, 1.82) is 0 Å². The van der Waals surface area contributed by atoms with Crippen LogP contribution in [0.15, 0.2) is 18.2 Å². The Morgan fingerprint density at radius 1 is 0.467 bits per heavy atom. The van der Waals surface area contributed by atoms with Crippen molar-refractivity contribution in [2.45, 2.75) is 116 Å². The minimum absolute atomic E-state index is 0.0794. The van der Waals surface area contributed by atoms with Gasteiger partial charge in [-0.15, -0.1) is 0 Å². The normalized spacial score (nSPS) is 10.8. The Balaban J connectivity index is 2.60. The largest absolute Gasteiger partial charge is 0.493 e. The van der Waals surface area contributed by atoms with E-state index in [0.29, 0.717) is 37.6 Å². The fourth-order valence-corrected chi connectivity index (χ4v) is 4.83. The molecule has 4 N–H and O–H groups in total. The Bertz CT molecular complexity index is 973. The molecule has 254 valence electrons. The number of carboxylic acids is 4. The van der Waals surface area contributed by atoms with Gasteiger partial charge in [-0.1, -0.05) is 77.0 Å². The fraction of sp³-hybridized carbons (Fsp3) is 0.667. The van der Waals surface area contributed by atoms with Crippen molar-refractivity contribution >= 4 is 29.8 Å². The SMILES string of the molecule is O=C(O)CCCCCCCCCCOc1cc(OCCCCCCCCCCC(=O)O)cc(C(=O)N(CC(=O)O)CC(=O)O)c1. The van der Waals surface area contributed by atoms with Gasteiger partial charge in [-0.05, 0) is 37.8 Å². The van der Waals surface area contributed by atoms with Crippen molar-refractivity contribution in [3.63, 3.8) is 0 Å². The van der Waals surface area contributed by atoms with Gasteiger partial charge in [-0.2, -0.15) is 0 Å². The van der Waals surface area contributed by atoms with Crippen LogP contribution in [0.3, 0.4) is 0 Å². The van der Waals surface area contributed by atoms with Crippen LogP contribution in [-0.2, 0) is 19.2 Å². The van der Waals surface area contributed by atoms with Crippen LogP contribution in [0.5, 0.6) is 11.5 Å². The van der Waals surface area contributed by atoms with E-state index < -0.39 is 42.9 Å². The second kappa shape index (κ2) is 24.5. The lowest BCUT2D eigenvalue weighted by molar-refractivity contribution is -0.141. The minimum atomic E-state index is -1.33. The van der Waals surface area contributed by atoms with E-state index in [4.69, 9.17) is 19.7 Å². The highest BCUT2D eigenvalue weighted by Gasteiger charge is 2.22. The molecule has 0 fully saturated rings. The van der Waals surface area contributed by atoms with E-state index in [-0.39, 0.29) is 18.4 Å². The molecule has 12 heteroatoms. The quantitative estimate of drug-likeness (QED) is 0.0727. The van der Waals surface area contributed by atoms with Crippen LogP contribution in [0, 0.1) is 0 Å². The molecule has 0 aliphatic carbocycles. The summed E-state index contributed by atoms with van der Waals surface area (Å²) in [7, 11) is 0. The van der Waals surface area contributed by atoms with Crippen LogP contribution in [-0.4, -0.2) is 81.4 Å². The summed E-state index contributed by atoms with van der Waals surface area (Å²) in [5.41, 5.74) is 0.0794. The number of hydrogen-bond acceptors (Lipinski definition) is 7. The Morgan fingerprint density at radius 2 is 0.800 bits per heavy atom. The summed E-state index contributed by atoms with van der Waals surface area (Å²) in [6.45, 7) is -0.711. The molecule has 0 aliphatic heterocycles. The lowest BCUT2D eigenvalue weighted by Crippen LogP contribution is -2.39. The van der Waals surface area contributed by atoms with Gasteiger partial charge in [0.15, 0.2) is 0 Å². The van der Waals surface area contributed by atoms with Gasteiger partial charge < -0.3 is 34.8 Å². The number of ether oxygens (including phenoxy) is 2. The first-order valence-electron chi connectivity index (χ1n) is 16.2. The van der Waals surface area contributed by atoms with E-state index in [1.165, 1.54) is 12.1 Å². The summed E-state index contributed by atoms with van der Waals surface area (Å²) in [4.78, 5) is 57.5. The van der Waals surface area contributed by atoms with Gasteiger partial charge in [0, 0.05) is 24.5 Å². The number of nitrogens with zero attached hydrogens (tertiary/aromatic N) is 1. The predicted molar refractivity (Wildman–Crippen MR) is 167 cm³/mol. The molecular weight excluding hydrogens is 586 g/mol. The molecule has 0 bridgehead atoms. The monoisotopic (exact) mass is 637 g/mol. The van der Waals surface area contributed by atoms with Crippen molar-refractivity contribution in [2.75, 3.05) is 26.3 Å². The third kappa shape index (κ3) is 21.5. The molecule has 1 rings (SSSR count). The molecule has 0 atom stereocenters. The molecule has 45 heavy (non-hydrogen) atoms. The van der Waals surface area contributed by atoms with Gasteiger partial charge >= 0.3 is 23.9 Å². The van der Waals surface area contributed by atoms with Crippen LogP contribution >= 0.6 is 0 Å². The van der Waals surface area contributed by atoms with E-state index in [0.717, 1.165) is 94.8 Å². The second-order valence-electron chi connectivity index (χ2n) is 11.3. The topological polar surface area (TPSA) is 188 Å². The molecule has 0 aromatic heterocycles. The van der Waals surface area contributed by atoms with E-state index in [1.807, 2.05) is 0 Å². The molecule has 0 saturated carbocycles. The average Bonchev–Trinajstić information content (AvgIpc) is 2.97. The third-order valence-electron chi connectivity index (χ3n) is 7.17. The Kier molecular flexibility index (Phi) is 21.3. The van der Waals surface area contributed by atoms with E-state index in [2.05, 4.69) is 0 Å². The molecule has 0 heterocycles. The molecule has 0 saturated heterocycles. The molecule has 0 radical (unpaired) electrons. The van der Waals surface area contributed by atoms with Crippen LogP contribution in [0.2, 0.25) is 0 Å². The number of carbonyl (C=O) groups is 5. The number of carbonyl (C=O) groups excluding carboxylic acids is 1. The number of amides is 1. The standard InChI is InChI=1S/C33H51NO11/c35-29(36)17-13-9-5-1-3-7-11-15-19-44-27-21-26(33(43)34(24-31(39)40)25-32(41)42)22-28(23-27)45-20-16-12-8-4-2-6-10-14-18-30(37)38/h21-23H,1-20,24-25H2,(H,35,36)(H,37,38)(H,39,40)(H,41,42). The van der Waals surface area contributed by atoms with Gasteiger partial charge in [0.1, 0.15) is 24.6 Å². The zero-order chi connectivity index (χ0) is 33.3. The highest BCUT2D eigenvalue weighted by Crippen LogP contribution is 2.25. The molecule has 1 aromatic rings. The van der Waals surface area contributed by atoms with Crippen LogP contribution in [0.4, 0.5) is 0 Å². The van der Waals surface area contributed by atoms with Crippen molar-refractivity contribution in [2.24, 2.45) is 0 Å². The first-order chi connectivity index (χ1) is 21.6. The third-order valence-corrected chi connectivity index (χ3v) is 7.17. The van der Waals surface area contributed by atoms with Crippen LogP contribution < -0.4 is 9.47 Å². The van der Waals surface area contributed by atoms with E-state index in [1.54, 1.807) is 6.07 Å². The molecule has 0 aliphatic rings. The van der Waals surface area contributed by atoms with Crippen LogP contribution in [0.25, 0.3) is 0 Å². The maximum absolute atomic E-state index is 13.1. The number of unbranched alkanes of at least 4 members (excludes halogenated alkanes) is 14. The maximum Gasteiger partial charge on any atom is 0.323 e. The number of hydrogen-bond donors (Lipinski definition) is 4. The smallest absolute Gasteiger partial charge is 0.323 e. The summed E-state index contributed by atoms with van der Waals surface area (Å²) < 4.78 is 11.8. The van der Waals surface area contributed by atoms with Gasteiger partial charge in [-0.3, -0.25) is 24.0 Å². The van der Waals surface area contributed by atoms with Crippen molar-refractivity contribution in [1.82, 2.24) is 4.90 Å². The van der Waals surface area contributed by atoms with Gasteiger partial charge in [0.05, 0.1) is 13.2 Å². The number of rotatable bonds is 29. The molecule has 1 amide bonds. The lowest BCUT2D eigenvalue weighted by atomic mass is 10.1. The average molecular weight is 638 g/mol. The van der Waals surface area contributed by atoms with E-state index >= 15 is 0 Å². The predicted octanol–water partition coefficient (Wildman–Crippen LogP) is 6.25. The first-order valence-corrected chi connectivity index (χ1v) is 16.2. The number of carboxylic acid groups (broad SMARTS) is 4. The number of benzene rings is 1. The fourth-order valence-electron chi connectivity index (χ4n) is 4.83. The van der Waals surface area contributed by atoms with Gasteiger partial charge in [0.2, 0.25) is 0 Å². The minimum Gasteiger partial charge on any atom is -0.493 e. The Hall–Kier alpha value is -3.83. The summed E-state index contributed by atoms with van der Waals surface area (Å²) in [5.74, 6) is -4.16. The van der Waals surface area contributed by atoms with Crippen LogP contribution in [0.1, 0.15) is 126 Å². The first kappa shape index (κ1) is 39.2. The maximum atomic E-state index is 13.1. The highest BCUT2D eigenvalue weighted by molar-refractivity contribution is 5.98. The summed E-state index contributed by atoms with van der Waals surface area (Å²) in [6.07, 6.45) is 15.5. The van der Waals surface area contributed by atoms with Gasteiger partial charge in [-0.25, -0.2) is 0 Å². The Labute approximate surface area is 265 Å². The zero-order valence-corrected chi connectivity index (χ0v) is 26.4. The second-order valence-corrected chi connectivity index (χ2v) is 11.3. The molecule has 0 spiro atoms. The summed E-state index contributed by atoms with van der Waals surface area (Å²) in [5, 5.41) is 35.7. The van der Waals surface area contributed by atoms with Crippen molar-refractivity contribution < 1.29 is 53.9 Å². The highest BCUT2D eigenvalue weighted by atomic mass is 16.5. The van der Waals surface area contributed by atoms with E-state index in [9.17, 15) is 34.2 Å². The molecule has 12 nitrogen and oxygen atoms in total. The van der Waals surface area contributed by atoms with Gasteiger partial charge in [0.25, 0.3) is 5.91 Å². The van der Waals surface area contributed by atoms with Crippen molar-refractivity contribution in [3.8, 4) is 11.5 Å². The summed E-state index contributed by atoms with van der Waals surface area (Å²) >= 11 is 0.